The monoisotopic (exact) mass is 372 g/mol. The summed E-state index contributed by atoms with van der Waals surface area (Å²) in [5.74, 6) is 0.577. The molecule has 0 spiro atoms. The van der Waals surface area contributed by atoms with Crippen LogP contribution in [0.4, 0.5) is 5.69 Å². The van der Waals surface area contributed by atoms with Crippen molar-refractivity contribution >= 4 is 22.9 Å². The van der Waals surface area contributed by atoms with Crippen LogP contribution in [-0.2, 0) is 6.54 Å². The summed E-state index contributed by atoms with van der Waals surface area (Å²) in [6.07, 6.45) is 0. The molecule has 0 aliphatic heterocycles. The van der Waals surface area contributed by atoms with Crippen molar-refractivity contribution in [3.63, 3.8) is 0 Å². The molecule has 0 saturated carbocycles. The van der Waals surface area contributed by atoms with Gasteiger partial charge in [0.05, 0.1) is 9.80 Å². The van der Waals surface area contributed by atoms with Crippen LogP contribution in [0.3, 0.4) is 0 Å². The van der Waals surface area contributed by atoms with E-state index in [0.717, 1.165) is 4.88 Å². The maximum Gasteiger partial charge on any atom is 0.272 e. The highest BCUT2D eigenvalue weighted by atomic mass is 32.1. The Labute approximate surface area is 153 Å². The minimum absolute atomic E-state index is 0.0120. The highest BCUT2D eigenvalue weighted by molar-refractivity contribution is 7.13. The Bertz CT molecular complexity index is 936. The molecule has 1 amide bonds. The van der Waals surface area contributed by atoms with Crippen molar-refractivity contribution in [2.24, 2.45) is 0 Å². The number of aromatic nitrogens is 2. The van der Waals surface area contributed by atoms with E-state index in [2.05, 4.69) is 10.1 Å². The van der Waals surface area contributed by atoms with Gasteiger partial charge in [0.1, 0.15) is 6.54 Å². The first-order valence-electron chi connectivity index (χ1n) is 7.90. The standard InChI is InChI=1S/C17H16N4O4S/c1-3-20(10-15-18-16(19-25-15)14-5-4-8-26-14)17(22)12-6-7-13(21(23)24)11(2)9-12/h4-9H,3,10H2,1-2H3. The molecular weight excluding hydrogens is 356 g/mol. The normalized spacial score (nSPS) is 10.7. The quantitative estimate of drug-likeness (QED) is 0.483. The Morgan fingerprint density at radius 1 is 1.38 bits per heavy atom. The molecule has 0 saturated heterocycles. The topological polar surface area (TPSA) is 102 Å². The van der Waals surface area contributed by atoms with Crippen molar-refractivity contribution in [3.8, 4) is 10.7 Å². The fraction of sp³-hybridized carbons (Fsp3) is 0.235. The van der Waals surface area contributed by atoms with Crippen LogP contribution in [0, 0.1) is 17.0 Å². The lowest BCUT2D eigenvalue weighted by Crippen LogP contribution is -2.30. The van der Waals surface area contributed by atoms with Crippen LogP contribution in [0.15, 0.2) is 40.2 Å². The molecule has 0 unspecified atom stereocenters. The number of rotatable bonds is 6. The number of carbonyl (C=O) groups is 1. The van der Waals surface area contributed by atoms with Gasteiger partial charge in [0.2, 0.25) is 11.7 Å². The highest BCUT2D eigenvalue weighted by Crippen LogP contribution is 2.23. The minimum atomic E-state index is -0.467. The van der Waals surface area contributed by atoms with Crippen LogP contribution in [-0.4, -0.2) is 32.4 Å². The molecular formula is C17H16N4O4S. The van der Waals surface area contributed by atoms with Crippen LogP contribution in [0.5, 0.6) is 0 Å². The molecule has 2 heterocycles. The summed E-state index contributed by atoms with van der Waals surface area (Å²) in [5.41, 5.74) is 0.810. The molecule has 0 fully saturated rings. The van der Waals surface area contributed by atoms with Gasteiger partial charge in [-0.05, 0) is 37.4 Å². The molecule has 9 heteroatoms. The number of carbonyl (C=O) groups excluding carboxylic acids is 1. The largest absolute Gasteiger partial charge is 0.337 e. The van der Waals surface area contributed by atoms with Gasteiger partial charge in [0.15, 0.2) is 0 Å². The van der Waals surface area contributed by atoms with Gasteiger partial charge in [-0.1, -0.05) is 11.2 Å². The summed E-state index contributed by atoms with van der Waals surface area (Å²) >= 11 is 1.50. The Morgan fingerprint density at radius 2 is 2.19 bits per heavy atom. The van der Waals surface area contributed by atoms with Crippen molar-refractivity contribution in [1.82, 2.24) is 15.0 Å². The first-order valence-corrected chi connectivity index (χ1v) is 8.78. The Hall–Kier alpha value is -3.07. The average molecular weight is 372 g/mol. The molecule has 0 bridgehead atoms. The second-order valence-corrected chi connectivity index (χ2v) is 6.51. The van der Waals surface area contributed by atoms with Crippen molar-refractivity contribution in [1.29, 1.82) is 0 Å². The summed E-state index contributed by atoms with van der Waals surface area (Å²) in [6, 6.07) is 8.11. The molecule has 0 radical (unpaired) electrons. The second-order valence-electron chi connectivity index (χ2n) is 5.57. The summed E-state index contributed by atoms with van der Waals surface area (Å²) in [6.45, 7) is 4.05. The molecule has 26 heavy (non-hydrogen) atoms. The van der Waals surface area contributed by atoms with E-state index in [1.807, 2.05) is 24.4 Å². The summed E-state index contributed by atoms with van der Waals surface area (Å²) in [4.78, 5) is 29.9. The summed E-state index contributed by atoms with van der Waals surface area (Å²) in [7, 11) is 0. The Balaban J connectivity index is 1.77. The zero-order valence-corrected chi connectivity index (χ0v) is 15.0. The predicted octanol–water partition coefficient (Wildman–Crippen LogP) is 3.68. The number of thiophene rings is 1. The lowest BCUT2D eigenvalue weighted by molar-refractivity contribution is -0.385. The molecule has 3 aromatic rings. The number of hydrogen-bond donors (Lipinski definition) is 0. The van der Waals surface area contributed by atoms with Crippen molar-refractivity contribution in [2.45, 2.75) is 20.4 Å². The van der Waals surface area contributed by atoms with E-state index < -0.39 is 4.92 Å². The zero-order valence-electron chi connectivity index (χ0n) is 14.2. The van der Waals surface area contributed by atoms with Crippen LogP contribution in [0.2, 0.25) is 0 Å². The van der Waals surface area contributed by atoms with Crippen molar-refractivity contribution < 1.29 is 14.2 Å². The fourth-order valence-corrected chi connectivity index (χ4v) is 3.14. The first kappa shape index (κ1) is 17.7. The molecule has 0 aliphatic carbocycles. The van der Waals surface area contributed by atoms with Gasteiger partial charge in [-0.2, -0.15) is 4.98 Å². The first-order chi connectivity index (χ1) is 12.5. The highest BCUT2D eigenvalue weighted by Gasteiger charge is 2.20. The van der Waals surface area contributed by atoms with Crippen LogP contribution >= 0.6 is 11.3 Å². The fourth-order valence-electron chi connectivity index (χ4n) is 2.49. The van der Waals surface area contributed by atoms with E-state index in [1.165, 1.54) is 29.5 Å². The molecule has 3 rings (SSSR count). The maximum atomic E-state index is 12.7. The van der Waals surface area contributed by atoms with Gasteiger partial charge in [0, 0.05) is 23.7 Å². The third kappa shape index (κ3) is 3.62. The third-order valence-corrected chi connectivity index (χ3v) is 4.71. The predicted molar refractivity (Wildman–Crippen MR) is 95.9 cm³/mol. The third-order valence-electron chi connectivity index (χ3n) is 3.85. The SMILES string of the molecule is CCN(Cc1nc(-c2cccs2)no1)C(=O)c1ccc([N+](=O)[O-])c(C)c1. The smallest absolute Gasteiger partial charge is 0.272 e. The molecule has 2 aromatic heterocycles. The van der Waals surface area contributed by atoms with Gasteiger partial charge in [-0.3, -0.25) is 14.9 Å². The van der Waals surface area contributed by atoms with Gasteiger partial charge in [0.25, 0.3) is 11.6 Å². The van der Waals surface area contributed by atoms with E-state index in [4.69, 9.17) is 4.52 Å². The molecule has 0 aliphatic rings. The molecule has 1 aromatic carbocycles. The van der Waals surface area contributed by atoms with Crippen molar-refractivity contribution in [2.75, 3.05) is 6.54 Å². The number of nitro groups is 1. The second kappa shape index (κ2) is 7.44. The van der Waals surface area contributed by atoms with E-state index in [0.29, 0.717) is 29.4 Å². The molecule has 134 valence electrons. The number of aryl methyl sites for hydroxylation is 1. The van der Waals surface area contributed by atoms with E-state index in [-0.39, 0.29) is 18.1 Å². The van der Waals surface area contributed by atoms with Gasteiger partial charge >= 0.3 is 0 Å². The van der Waals surface area contributed by atoms with Gasteiger partial charge in [-0.25, -0.2) is 0 Å². The maximum absolute atomic E-state index is 12.7. The molecule has 8 nitrogen and oxygen atoms in total. The Kier molecular flexibility index (Phi) is 5.08. The summed E-state index contributed by atoms with van der Waals surface area (Å²) < 4.78 is 5.24. The average Bonchev–Trinajstić information content (AvgIpc) is 3.30. The number of benzene rings is 1. The van der Waals surface area contributed by atoms with Gasteiger partial charge < -0.3 is 9.42 Å². The van der Waals surface area contributed by atoms with Crippen LogP contribution < -0.4 is 0 Å². The van der Waals surface area contributed by atoms with Crippen LogP contribution in [0.25, 0.3) is 10.7 Å². The molecule has 0 atom stereocenters. The molecule has 0 N–H and O–H groups in total. The summed E-state index contributed by atoms with van der Waals surface area (Å²) in [5, 5.41) is 16.8. The van der Waals surface area contributed by atoms with Crippen LogP contribution in [0.1, 0.15) is 28.7 Å². The van der Waals surface area contributed by atoms with E-state index >= 15 is 0 Å². The van der Waals surface area contributed by atoms with E-state index in [1.54, 1.807) is 11.8 Å². The Morgan fingerprint density at radius 3 is 2.81 bits per heavy atom. The van der Waals surface area contributed by atoms with Gasteiger partial charge in [-0.15, -0.1) is 11.3 Å². The zero-order chi connectivity index (χ0) is 18.7. The number of amides is 1. The number of nitro benzene ring substituents is 1. The lowest BCUT2D eigenvalue weighted by Gasteiger charge is -2.19. The lowest BCUT2D eigenvalue weighted by atomic mass is 10.1. The van der Waals surface area contributed by atoms with Crippen molar-refractivity contribution in [3.05, 3.63) is 62.8 Å². The minimum Gasteiger partial charge on any atom is -0.337 e. The van der Waals surface area contributed by atoms with E-state index in [9.17, 15) is 14.9 Å². The number of hydrogen-bond acceptors (Lipinski definition) is 7. The number of nitrogens with zero attached hydrogens (tertiary/aromatic N) is 4.